The first-order chi connectivity index (χ1) is 10.4. The van der Waals surface area contributed by atoms with E-state index in [1.807, 2.05) is 0 Å². The van der Waals surface area contributed by atoms with Crippen LogP contribution in [0.3, 0.4) is 0 Å². The number of amides is 2. The molecule has 2 rings (SSSR count). The molecule has 0 saturated heterocycles. The van der Waals surface area contributed by atoms with Gasteiger partial charge in [0.25, 0.3) is 5.91 Å². The number of benzene rings is 1. The largest absolute Gasteiger partial charge is 0.451 e. The highest BCUT2D eigenvalue weighted by atomic mass is 32.1. The van der Waals surface area contributed by atoms with Crippen molar-refractivity contribution in [2.45, 2.75) is 6.92 Å². The molecule has 0 atom stereocenters. The van der Waals surface area contributed by atoms with Gasteiger partial charge in [0, 0.05) is 10.1 Å². The zero-order valence-electron chi connectivity index (χ0n) is 11.6. The molecule has 0 unspecified atom stereocenters. The highest BCUT2D eigenvalue weighted by Gasteiger charge is 2.19. The Morgan fingerprint density at radius 1 is 1.36 bits per heavy atom. The van der Waals surface area contributed by atoms with Crippen LogP contribution >= 0.6 is 11.3 Å². The van der Waals surface area contributed by atoms with Gasteiger partial charge in [0.05, 0.1) is 6.54 Å². The molecule has 0 aliphatic heterocycles. The zero-order valence-corrected chi connectivity index (χ0v) is 12.5. The molecule has 0 aliphatic rings. The van der Waals surface area contributed by atoms with Gasteiger partial charge < -0.3 is 15.8 Å². The third-order valence-corrected chi connectivity index (χ3v) is 4.12. The number of primary amides is 1. The summed E-state index contributed by atoms with van der Waals surface area (Å²) in [6, 6.07) is 4.57. The van der Waals surface area contributed by atoms with Crippen LogP contribution in [0.1, 0.15) is 15.2 Å². The molecule has 0 aliphatic carbocycles. The molecule has 1 aromatic carbocycles. The summed E-state index contributed by atoms with van der Waals surface area (Å²) in [5, 5.41) is 2.56. The third-order valence-electron chi connectivity index (χ3n) is 2.88. The van der Waals surface area contributed by atoms with Crippen LogP contribution in [0.25, 0.3) is 10.1 Å². The predicted molar refractivity (Wildman–Crippen MR) is 79.0 cm³/mol. The Labute approximate surface area is 129 Å². The number of carbonyl (C=O) groups is 3. The molecule has 0 radical (unpaired) electrons. The minimum absolute atomic E-state index is 0.239. The molecule has 2 amide bonds. The van der Waals surface area contributed by atoms with E-state index in [1.165, 1.54) is 6.07 Å². The number of halogens is 1. The molecule has 22 heavy (non-hydrogen) atoms. The summed E-state index contributed by atoms with van der Waals surface area (Å²) in [6.07, 6.45) is 0. The van der Waals surface area contributed by atoms with Crippen LogP contribution in [0, 0.1) is 12.7 Å². The van der Waals surface area contributed by atoms with Crippen LogP contribution < -0.4 is 11.1 Å². The molecule has 116 valence electrons. The van der Waals surface area contributed by atoms with Crippen LogP contribution in [-0.4, -0.2) is 30.9 Å². The van der Waals surface area contributed by atoms with E-state index in [9.17, 15) is 18.8 Å². The number of carbonyl (C=O) groups excluding carboxylic acids is 3. The number of thiophene rings is 1. The van der Waals surface area contributed by atoms with Crippen molar-refractivity contribution in [2.24, 2.45) is 5.73 Å². The fraction of sp³-hybridized carbons (Fsp3) is 0.214. The zero-order chi connectivity index (χ0) is 16.3. The molecule has 1 aromatic heterocycles. The SMILES string of the molecule is Cc1c(C(=O)OCC(=O)NCC(N)=O)sc2cccc(F)c12. The number of fused-ring (bicyclic) bond motifs is 1. The molecule has 0 bridgehead atoms. The van der Waals surface area contributed by atoms with Gasteiger partial charge in [-0.1, -0.05) is 6.07 Å². The smallest absolute Gasteiger partial charge is 0.349 e. The van der Waals surface area contributed by atoms with E-state index in [4.69, 9.17) is 10.5 Å². The number of hydrogen-bond acceptors (Lipinski definition) is 5. The van der Waals surface area contributed by atoms with Crippen molar-refractivity contribution >= 4 is 39.2 Å². The molecule has 8 heteroatoms. The first-order valence-corrected chi connectivity index (χ1v) is 7.11. The van der Waals surface area contributed by atoms with Crippen LogP contribution in [0.4, 0.5) is 4.39 Å². The first kappa shape index (κ1) is 15.9. The molecule has 6 nitrogen and oxygen atoms in total. The van der Waals surface area contributed by atoms with Crippen molar-refractivity contribution in [1.29, 1.82) is 0 Å². The van der Waals surface area contributed by atoms with Gasteiger partial charge in [0.15, 0.2) is 6.61 Å². The summed E-state index contributed by atoms with van der Waals surface area (Å²) in [7, 11) is 0. The molecule has 0 spiro atoms. The van der Waals surface area contributed by atoms with E-state index in [-0.39, 0.29) is 11.4 Å². The Balaban J connectivity index is 2.07. The Morgan fingerprint density at radius 3 is 2.73 bits per heavy atom. The number of aryl methyl sites for hydroxylation is 1. The van der Waals surface area contributed by atoms with Crippen molar-refractivity contribution in [2.75, 3.05) is 13.2 Å². The minimum atomic E-state index is -0.715. The van der Waals surface area contributed by atoms with Crippen molar-refractivity contribution < 1.29 is 23.5 Å². The van der Waals surface area contributed by atoms with E-state index in [2.05, 4.69) is 5.32 Å². The standard InChI is InChI=1S/C14H13FN2O4S/c1-7-12-8(15)3-2-4-9(12)22-13(7)14(20)21-6-11(19)17-5-10(16)18/h2-4H,5-6H2,1H3,(H2,16,18)(H,17,19). The molecular weight excluding hydrogens is 311 g/mol. The maximum absolute atomic E-state index is 13.8. The lowest BCUT2D eigenvalue weighted by Gasteiger charge is -2.04. The topological polar surface area (TPSA) is 98.5 Å². The predicted octanol–water partition coefficient (Wildman–Crippen LogP) is 1.11. The summed E-state index contributed by atoms with van der Waals surface area (Å²) < 4.78 is 19.2. The maximum Gasteiger partial charge on any atom is 0.349 e. The lowest BCUT2D eigenvalue weighted by molar-refractivity contribution is -0.127. The third kappa shape index (κ3) is 3.40. The van der Waals surface area contributed by atoms with E-state index in [0.29, 0.717) is 15.6 Å². The van der Waals surface area contributed by atoms with Crippen LogP contribution in [0.2, 0.25) is 0 Å². The first-order valence-electron chi connectivity index (χ1n) is 6.30. The van der Waals surface area contributed by atoms with Crippen LogP contribution in [-0.2, 0) is 14.3 Å². The second-order valence-electron chi connectivity index (χ2n) is 4.49. The molecule has 0 fully saturated rings. The van der Waals surface area contributed by atoms with Crippen molar-refractivity contribution in [3.8, 4) is 0 Å². The average Bonchev–Trinajstić information content (AvgIpc) is 2.81. The van der Waals surface area contributed by atoms with Gasteiger partial charge in [-0.3, -0.25) is 9.59 Å². The Hall–Kier alpha value is -2.48. The number of hydrogen-bond donors (Lipinski definition) is 2. The highest BCUT2D eigenvalue weighted by molar-refractivity contribution is 7.21. The van der Waals surface area contributed by atoms with Gasteiger partial charge in [0.1, 0.15) is 10.7 Å². The number of esters is 1. The second-order valence-corrected chi connectivity index (χ2v) is 5.54. The van der Waals surface area contributed by atoms with E-state index >= 15 is 0 Å². The summed E-state index contributed by atoms with van der Waals surface area (Å²) in [4.78, 5) is 34.1. The van der Waals surface area contributed by atoms with Gasteiger partial charge in [-0.15, -0.1) is 11.3 Å². The molecule has 3 N–H and O–H groups in total. The van der Waals surface area contributed by atoms with Crippen molar-refractivity contribution in [3.63, 3.8) is 0 Å². The van der Waals surface area contributed by atoms with Crippen molar-refractivity contribution in [3.05, 3.63) is 34.5 Å². The van der Waals surface area contributed by atoms with Gasteiger partial charge >= 0.3 is 5.97 Å². The van der Waals surface area contributed by atoms with Gasteiger partial charge in [-0.2, -0.15) is 0 Å². The van der Waals surface area contributed by atoms with Gasteiger partial charge in [-0.25, -0.2) is 9.18 Å². The Bertz CT molecular complexity index is 757. The number of ether oxygens (including phenoxy) is 1. The summed E-state index contributed by atoms with van der Waals surface area (Å²) in [5.41, 5.74) is 5.34. The van der Waals surface area contributed by atoms with Crippen LogP contribution in [0.15, 0.2) is 18.2 Å². The average molecular weight is 324 g/mol. The Kier molecular flexibility index (Phi) is 4.71. The molecule has 1 heterocycles. The van der Waals surface area contributed by atoms with E-state index in [0.717, 1.165) is 11.3 Å². The van der Waals surface area contributed by atoms with Gasteiger partial charge in [-0.05, 0) is 24.6 Å². The fourth-order valence-corrected chi connectivity index (χ4v) is 3.00. The lowest BCUT2D eigenvalue weighted by atomic mass is 10.1. The van der Waals surface area contributed by atoms with Gasteiger partial charge in [0.2, 0.25) is 5.91 Å². The molecule has 2 aromatic rings. The number of nitrogens with two attached hydrogens (primary N) is 1. The number of nitrogens with one attached hydrogen (secondary N) is 1. The summed E-state index contributed by atoms with van der Waals surface area (Å²) in [5.74, 6) is -2.47. The normalized spacial score (nSPS) is 10.5. The summed E-state index contributed by atoms with van der Waals surface area (Å²) in [6.45, 7) is 0.747. The summed E-state index contributed by atoms with van der Waals surface area (Å²) >= 11 is 1.10. The monoisotopic (exact) mass is 324 g/mol. The molecular formula is C14H13FN2O4S. The maximum atomic E-state index is 13.8. The van der Waals surface area contributed by atoms with Crippen LogP contribution in [0.5, 0.6) is 0 Å². The molecule has 0 saturated carbocycles. The minimum Gasteiger partial charge on any atom is -0.451 e. The second kappa shape index (κ2) is 6.52. The number of rotatable bonds is 5. The fourth-order valence-electron chi connectivity index (χ4n) is 1.88. The van der Waals surface area contributed by atoms with Crippen molar-refractivity contribution in [1.82, 2.24) is 5.32 Å². The van der Waals surface area contributed by atoms with E-state index in [1.54, 1.807) is 19.1 Å². The highest BCUT2D eigenvalue weighted by Crippen LogP contribution is 2.32. The Morgan fingerprint density at radius 2 is 2.09 bits per heavy atom. The van der Waals surface area contributed by atoms with E-state index < -0.39 is 30.2 Å². The quantitative estimate of drug-likeness (QED) is 0.805. The lowest BCUT2D eigenvalue weighted by Crippen LogP contribution is -2.35.